The summed E-state index contributed by atoms with van der Waals surface area (Å²) in [5.41, 5.74) is 4.02. The molecule has 1 rings (SSSR count). The van der Waals surface area contributed by atoms with E-state index in [1.807, 2.05) is 0 Å². The molecule has 0 bridgehead atoms. The minimum Gasteiger partial charge on any atom is -0.385 e. The normalized spacial score (nSPS) is 10.2. The van der Waals surface area contributed by atoms with E-state index >= 15 is 0 Å². The highest BCUT2D eigenvalue weighted by Crippen LogP contribution is 2.19. The number of benzene rings is 1. The van der Waals surface area contributed by atoms with Crippen molar-refractivity contribution < 1.29 is 0 Å². The van der Waals surface area contributed by atoms with Crippen molar-refractivity contribution in [3.05, 3.63) is 29.3 Å². The van der Waals surface area contributed by atoms with Crippen LogP contribution in [0.25, 0.3) is 0 Å². The SMILES string of the molecule is CCCCCNc1c(C)cccc1C. The molecule has 0 aliphatic carbocycles. The van der Waals surface area contributed by atoms with Gasteiger partial charge in [-0.25, -0.2) is 0 Å². The molecule has 78 valence electrons. The molecule has 0 saturated heterocycles. The average molecular weight is 191 g/mol. The number of rotatable bonds is 5. The van der Waals surface area contributed by atoms with Gasteiger partial charge in [-0.3, -0.25) is 0 Å². The molecule has 1 heteroatoms. The van der Waals surface area contributed by atoms with Gasteiger partial charge in [0.15, 0.2) is 0 Å². The smallest absolute Gasteiger partial charge is 0.0399 e. The molecule has 0 fully saturated rings. The van der Waals surface area contributed by atoms with Gasteiger partial charge in [-0.05, 0) is 31.4 Å². The van der Waals surface area contributed by atoms with Gasteiger partial charge in [0.25, 0.3) is 0 Å². The third-order valence-corrected chi connectivity index (χ3v) is 2.56. The number of hydrogen-bond donors (Lipinski definition) is 1. The Morgan fingerprint density at radius 1 is 1.07 bits per heavy atom. The zero-order chi connectivity index (χ0) is 10.4. The van der Waals surface area contributed by atoms with Crippen LogP contribution in [0.15, 0.2) is 18.2 Å². The van der Waals surface area contributed by atoms with Crippen LogP contribution in [0, 0.1) is 13.8 Å². The fourth-order valence-corrected chi connectivity index (χ4v) is 1.68. The lowest BCUT2D eigenvalue weighted by Crippen LogP contribution is -2.04. The summed E-state index contributed by atoms with van der Waals surface area (Å²) in [6.07, 6.45) is 3.87. The first kappa shape index (κ1) is 11.1. The van der Waals surface area contributed by atoms with E-state index < -0.39 is 0 Å². The monoisotopic (exact) mass is 191 g/mol. The molecule has 0 aromatic heterocycles. The van der Waals surface area contributed by atoms with Gasteiger partial charge in [-0.2, -0.15) is 0 Å². The van der Waals surface area contributed by atoms with Crippen molar-refractivity contribution in [2.45, 2.75) is 40.0 Å². The van der Waals surface area contributed by atoms with Crippen LogP contribution in [0.4, 0.5) is 5.69 Å². The number of aryl methyl sites for hydroxylation is 2. The summed E-state index contributed by atoms with van der Waals surface area (Å²) in [6.45, 7) is 7.66. The third kappa shape index (κ3) is 3.06. The largest absolute Gasteiger partial charge is 0.385 e. The van der Waals surface area contributed by atoms with E-state index in [0.717, 1.165) is 6.54 Å². The maximum Gasteiger partial charge on any atom is 0.0399 e. The van der Waals surface area contributed by atoms with Crippen molar-refractivity contribution in [1.82, 2.24) is 0 Å². The van der Waals surface area contributed by atoms with E-state index in [2.05, 4.69) is 44.3 Å². The number of anilines is 1. The Balaban J connectivity index is 2.49. The van der Waals surface area contributed by atoms with Crippen LogP contribution in [0.1, 0.15) is 37.3 Å². The Bertz CT molecular complexity index is 258. The average Bonchev–Trinajstić information content (AvgIpc) is 2.16. The van der Waals surface area contributed by atoms with Crippen LogP contribution in [0.3, 0.4) is 0 Å². The quantitative estimate of drug-likeness (QED) is 0.696. The molecule has 1 aromatic carbocycles. The predicted molar refractivity (Wildman–Crippen MR) is 63.9 cm³/mol. The highest BCUT2D eigenvalue weighted by Gasteiger charge is 1.99. The predicted octanol–water partition coefficient (Wildman–Crippen LogP) is 3.91. The highest BCUT2D eigenvalue weighted by atomic mass is 14.9. The fourth-order valence-electron chi connectivity index (χ4n) is 1.68. The van der Waals surface area contributed by atoms with Gasteiger partial charge in [-0.15, -0.1) is 0 Å². The van der Waals surface area contributed by atoms with E-state index in [-0.39, 0.29) is 0 Å². The molecule has 0 saturated carbocycles. The van der Waals surface area contributed by atoms with E-state index in [4.69, 9.17) is 0 Å². The van der Waals surface area contributed by atoms with Gasteiger partial charge < -0.3 is 5.32 Å². The zero-order valence-electron chi connectivity index (χ0n) is 9.56. The Kier molecular flexibility index (Phi) is 4.51. The van der Waals surface area contributed by atoms with Crippen molar-refractivity contribution in [3.8, 4) is 0 Å². The van der Waals surface area contributed by atoms with Gasteiger partial charge in [0, 0.05) is 12.2 Å². The maximum atomic E-state index is 3.52. The molecule has 1 nitrogen and oxygen atoms in total. The fraction of sp³-hybridized carbons (Fsp3) is 0.538. The van der Waals surface area contributed by atoms with Crippen LogP contribution >= 0.6 is 0 Å². The van der Waals surface area contributed by atoms with Crippen molar-refractivity contribution in [2.75, 3.05) is 11.9 Å². The van der Waals surface area contributed by atoms with E-state index in [1.54, 1.807) is 0 Å². The summed E-state index contributed by atoms with van der Waals surface area (Å²) in [7, 11) is 0. The minimum absolute atomic E-state index is 1.10. The third-order valence-electron chi connectivity index (χ3n) is 2.56. The Hall–Kier alpha value is -0.980. The summed E-state index contributed by atoms with van der Waals surface area (Å²) in [6, 6.07) is 6.44. The van der Waals surface area contributed by atoms with Gasteiger partial charge >= 0.3 is 0 Å². The van der Waals surface area contributed by atoms with E-state index in [1.165, 1.54) is 36.1 Å². The first-order chi connectivity index (χ1) is 6.75. The number of para-hydroxylation sites is 1. The van der Waals surface area contributed by atoms with E-state index in [9.17, 15) is 0 Å². The Morgan fingerprint density at radius 3 is 2.29 bits per heavy atom. The Morgan fingerprint density at radius 2 is 1.71 bits per heavy atom. The molecule has 0 unspecified atom stereocenters. The number of hydrogen-bond acceptors (Lipinski definition) is 1. The minimum atomic E-state index is 1.10. The lowest BCUT2D eigenvalue weighted by Gasteiger charge is -2.11. The van der Waals surface area contributed by atoms with Gasteiger partial charge in [0.2, 0.25) is 0 Å². The van der Waals surface area contributed by atoms with Gasteiger partial charge in [0.1, 0.15) is 0 Å². The topological polar surface area (TPSA) is 12.0 Å². The van der Waals surface area contributed by atoms with E-state index in [0.29, 0.717) is 0 Å². The summed E-state index contributed by atoms with van der Waals surface area (Å²) in [5, 5.41) is 3.52. The molecule has 0 atom stereocenters. The maximum absolute atomic E-state index is 3.52. The number of nitrogens with one attached hydrogen (secondary N) is 1. The lowest BCUT2D eigenvalue weighted by molar-refractivity contribution is 0.743. The van der Waals surface area contributed by atoms with Crippen molar-refractivity contribution >= 4 is 5.69 Å². The Labute approximate surface area is 87.5 Å². The zero-order valence-corrected chi connectivity index (χ0v) is 9.56. The molecular weight excluding hydrogens is 170 g/mol. The van der Waals surface area contributed by atoms with Crippen LogP contribution in [-0.4, -0.2) is 6.54 Å². The molecular formula is C13H21N. The van der Waals surface area contributed by atoms with Crippen molar-refractivity contribution in [2.24, 2.45) is 0 Å². The molecule has 0 amide bonds. The second-order valence-corrected chi connectivity index (χ2v) is 3.90. The number of unbranched alkanes of at least 4 members (excludes halogenated alkanes) is 2. The first-order valence-corrected chi connectivity index (χ1v) is 5.55. The molecule has 0 spiro atoms. The summed E-state index contributed by atoms with van der Waals surface area (Å²) >= 11 is 0. The first-order valence-electron chi connectivity index (χ1n) is 5.55. The summed E-state index contributed by atoms with van der Waals surface area (Å²) < 4.78 is 0. The summed E-state index contributed by atoms with van der Waals surface area (Å²) in [4.78, 5) is 0. The summed E-state index contributed by atoms with van der Waals surface area (Å²) in [5.74, 6) is 0. The molecule has 1 aromatic rings. The van der Waals surface area contributed by atoms with Crippen molar-refractivity contribution in [1.29, 1.82) is 0 Å². The second kappa shape index (κ2) is 5.69. The molecule has 14 heavy (non-hydrogen) atoms. The van der Waals surface area contributed by atoms with Crippen molar-refractivity contribution in [3.63, 3.8) is 0 Å². The molecule has 0 radical (unpaired) electrons. The van der Waals surface area contributed by atoms with Crippen LogP contribution in [0.5, 0.6) is 0 Å². The molecule has 0 heterocycles. The second-order valence-electron chi connectivity index (χ2n) is 3.90. The molecule has 0 aliphatic heterocycles. The van der Waals surface area contributed by atoms with Crippen LogP contribution < -0.4 is 5.32 Å². The van der Waals surface area contributed by atoms with Gasteiger partial charge in [-0.1, -0.05) is 38.0 Å². The van der Waals surface area contributed by atoms with Crippen LogP contribution in [-0.2, 0) is 0 Å². The van der Waals surface area contributed by atoms with Gasteiger partial charge in [0.05, 0.1) is 0 Å². The molecule has 1 N–H and O–H groups in total. The lowest BCUT2D eigenvalue weighted by atomic mass is 10.1. The molecule has 0 aliphatic rings. The highest BCUT2D eigenvalue weighted by molar-refractivity contribution is 5.56. The van der Waals surface area contributed by atoms with Crippen LogP contribution in [0.2, 0.25) is 0 Å². The standard InChI is InChI=1S/C13H21N/c1-4-5-6-10-14-13-11(2)8-7-9-12(13)3/h7-9,14H,4-6,10H2,1-3H3.